The second kappa shape index (κ2) is 5.70. The van der Waals surface area contributed by atoms with Crippen LogP contribution in [0.2, 0.25) is 0 Å². The van der Waals surface area contributed by atoms with E-state index in [9.17, 15) is 0 Å². The third-order valence-corrected chi connectivity index (χ3v) is 3.42. The van der Waals surface area contributed by atoms with Gasteiger partial charge in [-0.25, -0.2) is 0 Å². The van der Waals surface area contributed by atoms with Crippen molar-refractivity contribution >= 4 is 0 Å². The summed E-state index contributed by atoms with van der Waals surface area (Å²) in [6.07, 6.45) is 2.91. The topological polar surface area (TPSA) is 12.9 Å². The molecule has 0 aliphatic rings. The maximum Gasteiger partial charge on any atom is 0.0702 e. The first-order valence-electron chi connectivity index (χ1n) is 6.87. The third-order valence-electron chi connectivity index (χ3n) is 3.42. The zero-order chi connectivity index (χ0) is 13.8. The summed E-state index contributed by atoms with van der Waals surface area (Å²) >= 11 is 0. The summed E-state index contributed by atoms with van der Waals surface area (Å²) in [6.45, 7) is 2.10. The first-order valence-corrected chi connectivity index (χ1v) is 6.87. The van der Waals surface area contributed by atoms with Crippen molar-refractivity contribution in [3.05, 3.63) is 89.6 Å². The second-order valence-corrected chi connectivity index (χ2v) is 5.08. The summed E-state index contributed by atoms with van der Waals surface area (Å²) in [5.41, 5.74) is 6.03. The number of hydrogen-bond donors (Lipinski definition) is 0. The average Bonchev–Trinajstić information content (AvgIpc) is 2.50. The number of aryl methyl sites for hydroxylation is 1. The number of aromatic nitrogens is 1. The number of nitrogens with zero attached hydrogens (tertiary/aromatic N) is 1. The first-order chi connectivity index (χ1) is 9.81. The van der Waals surface area contributed by atoms with Gasteiger partial charge in [-0.3, -0.25) is 4.98 Å². The van der Waals surface area contributed by atoms with Gasteiger partial charge in [0.15, 0.2) is 0 Å². The molecule has 0 spiro atoms. The highest BCUT2D eigenvalue weighted by Crippen LogP contribution is 2.18. The average molecular weight is 259 g/mol. The highest BCUT2D eigenvalue weighted by atomic mass is 14.7. The Morgan fingerprint density at radius 1 is 0.750 bits per heavy atom. The lowest BCUT2D eigenvalue weighted by Crippen LogP contribution is -1.90. The second-order valence-electron chi connectivity index (χ2n) is 5.08. The van der Waals surface area contributed by atoms with E-state index in [-0.39, 0.29) is 0 Å². The monoisotopic (exact) mass is 259 g/mol. The Bertz CT molecular complexity index is 667. The lowest BCUT2D eigenvalue weighted by atomic mass is 10.0. The molecule has 0 aliphatic carbocycles. The van der Waals surface area contributed by atoms with E-state index in [4.69, 9.17) is 0 Å². The van der Waals surface area contributed by atoms with Gasteiger partial charge in [0, 0.05) is 11.8 Å². The highest BCUT2D eigenvalue weighted by Gasteiger charge is 2.00. The number of rotatable bonds is 3. The van der Waals surface area contributed by atoms with E-state index in [1.165, 1.54) is 22.3 Å². The largest absolute Gasteiger partial charge is 0.256 e. The van der Waals surface area contributed by atoms with E-state index < -0.39 is 0 Å². The summed E-state index contributed by atoms with van der Waals surface area (Å²) in [5, 5.41) is 0. The molecule has 1 aromatic heterocycles. The summed E-state index contributed by atoms with van der Waals surface area (Å²) in [5.74, 6) is 0. The Morgan fingerprint density at radius 3 is 2.15 bits per heavy atom. The van der Waals surface area contributed by atoms with Crippen molar-refractivity contribution in [1.29, 1.82) is 0 Å². The molecule has 98 valence electrons. The molecule has 2 aromatic carbocycles. The lowest BCUT2D eigenvalue weighted by Gasteiger charge is -2.04. The Labute approximate surface area is 119 Å². The van der Waals surface area contributed by atoms with Crippen LogP contribution in [0.5, 0.6) is 0 Å². The van der Waals surface area contributed by atoms with Gasteiger partial charge in [-0.15, -0.1) is 0 Å². The molecule has 1 heterocycles. The molecule has 0 radical (unpaired) electrons. The van der Waals surface area contributed by atoms with Crippen molar-refractivity contribution in [1.82, 2.24) is 4.98 Å². The minimum absolute atomic E-state index is 0.933. The molecule has 3 rings (SSSR count). The fourth-order valence-electron chi connectivity index (χ4n) is 2.26. The maximum absolute atomic E-state index is 4.57. The summed E-state index contributed by atoms with van der Waals surface area (Å²) < 4.78 is 0. The van der Waals surface area contributed by atoms with Crippen LogP contribution in [0.15, 0.2) is 72.9 Å². The van der Waals surface area contributed by atoms with Crippen LogP contribution in [0.25, 0.3) is 11.3 Å². The zero-order valence-corrected chi connectivity index (χ0v) is 11.6. The fraction of sp³-hybridized carbons (Fsp3) is 0.105. The van der Waals surface area contributed by atoms with Gasteiger partial charge in [0.25, 0.3) is 0 Å². The highest BCUT2D eigenvalue weighted by molar-refractivity contribution is 5.59. The van der Waals surface area contributed by atoms with E-state index in [1.54, 1.807) is 0 Å². The molecule has 0 saturated carbocycles. The zero-order valence-electron chi connectivity index (χ0n) is 11.6. The molecule has 3 aromatic rings. The van der Waals surface area contributed by atoms with Gasteiger partial charge in [0.1, 0.15) is 0 Å². The van der Waals surface area contributed by atoms with Crippen LogP contribution in [0, 0.1) is 6.92 Å². The SMILES string of the molecule is Cc1ccc(-c2ccc(Cc3ccccc3)cn2)cc1. The van der Waals surface area contributed by atoms with Crippen LogP contribution >= 0.6 is 0 Å². The van der Waals surface area contributed by atoms with E-state index in [0.29, 0.717) is 0 Å². The van der Waals surface area contributed by atoms with Crippen molar-refractivity contribution in [2.24, 2.45) is 0 Å². The van der Waals surface area contributed by atoms with Crippen LogP contribution < -0.4 is 0 Å². The van der Waals surface area contributed by atoms with Crippen molar-refractivity contribution in [2.75, 3.05) is 0 Å². The quantitative estimate of drug-likeness (QED) is 0.667. The van der Waals surface area contributed by atoms with Crippen LogP contribution in [0.4, 0.5) is 0 Å². The molecule has 20 heavy (non-hydrogen) atoms. The molecule has 0 atom stereocenters. The van der Waals surface area contributed by atoms with Crippen LogP contribution in [0.3, 0.4) is 0 Å². The Morgan fingerprint density at radius 2 is 1.50 bits per heavy atom. The lowest BCUT2D eigenvalue weighted by molar-refractivity contribution is 1.15. The first kappa shape index (κ1) is 12.6. The Kier molecular flexibility index (Phi) is 3.60. The van der Waals surface area contributed by atoms with Crippen molar-refractivity contribution in [3.8, 4) is 11.3 Å². The van der Waals surface area contributed by atoms with E-state index >= 15 is 0 Å². The number of pyridine rings is 1. The molecule has 0 amide bonds. The number of hydrogen-bond acceptors (Lipinski definition) is 1. The molecule has 1 nitrogen and oxygen atoms in total. The van der Waals surface area contributed by atoms with Crippen molar-refractivity contribution < 1.29 is 0 Å². The van der Waals surface area contributed by atoms with Crippen LogP contribution in [0.1, 0.15) is 16.7 Å². The van der Waals surface area contributed by atoms with Gasteiger partial charge in [-0.05, 0) is 30.5 Å². The van der Waals surface area contributed by atoms with Gasteiger partial charge >= 0.3 is 0 Å². The van der Waals surface area contributed by atoms with E-state index in [1.807, 2.05) is 12.3 Å². The normalized spacial score (nSPS) is 10.4. The van der Waals surface area contributed by atoms with Gasteiger partial charge in [0.05, 0.1) is 5.69 Å². The molecule has 1 heteroatoms. The molecular formula is C19H17N. The van der Waals surface area contributed by atoms with Crippen molar-refractivity contribution in [3.63, 3.8) is 0 Å². The smallest absolute Gasteiger partial charge is 0.0702 e. The predicted octanol–water partition coefficient (Wildman–Crippen LogP) is 4.65. The predicted molar refractivity (Wildman–Crippen MR) is 83.7 cm³/mol. The fourth-order valence-corrected chi connectivity index (χ4v) is 2.26. The molecule has 0 saturated heterocycles. The molecule has 0 fully saturated rings. The van der Waals surface area contributed by atoms with E-state index in [2.05, 4.69) is 72.6 Å². The van der Waals surface area contributed by atoms with Crippen LogP contribution in [-0.2, 0) is 6.42 Å². The molecular weight excluding hydrogens is 242 g/mol. The van der Waals surface area contributed by atoms with Crippen molar-refractivity contribution in [2.45, 2.75) is 13.3 Å². The summed E-state index contributed by atoms with van der Waals surface area (Å²) in [4.78, 5) is 4.57. The minimum Gasteiger partial charge on any atom is -0.256 e. The summed E-state index contributed by atoms with van der Waals surface area (Å²) in [7, 11) is 0. The molecule has 0 unspecified atom stereocenters. The third kappa shape index (κ3) is 2.94. The minimum atomic E-state index is 0.933. The van der Waals surface area contributed by atoms with Crippen LogP contribution in [-0.4, -0.2) is 4.98 Å². The maximum atomic E-state index is 4.57. The standard InChI is InChI=1S/C19H17N/c1-15-7-10-18(11-8-15)19-12-9-17(14-20-19)13-16-5-3-2-4-6-16/h2-12,14H,13H2,1H3. The van der Waals surface area contributed by atoms with E-state index in [0.717, 1.165) is 12.1 Å². The molecule has 0 bridgehead atoms. The molecule has 0 aliphatic heterocycles. The summed E-state index contributed by atoms with van der Waals surface area (Å²) in [6, 6.07) is 23.2. The van der Waals surface area contributed by atoms with Gasteiger partial charge in [-0.2, -0.15) is 0 Å². The molecule has 0 N–H and O–H groups in total. The van der Waals surface area contributed by atoms with Gasteiger partial charge < -0.3 is 0 Å². The van der Waals surface area contributed by atoms with Gasteiger partial charge in [0.2, 0.25) is 0 Å². The van der Waals surface area contributed by atoms with Gasteiger partial charge in [-0.1, -0.05) is 66.2 Å². The Balaban J connectivity index is 1.79. The Hall–Kier alpha value is -2.41. The number of benzene rings is 2.